The molecule has 0 atom stereocenters. The Hall–Kier alpha value is -5.98. The van der Waals surface area contributed by atoms with Gasteiger partial charge in [0.15, 0.2) is 0 Å². The summed E-state index contributed by atoms with van der Waals surface area (Å²) in [5, 5.41) is 10.1. The fourth-order valence-electron chi connectivity index (χ4n) is 7.27. The summed E-state index contributed by atoms with van der Waals surface area (Å²) >= 11 is 0. The van der Waals surface area contributed by atoms with Gasteiger partial charge in [0.25, 0.3) is 0 Å². The summed E-state index contributed by atoms with van der Waals surface area (Å²) in [5.41, 5.74) is 9.97. The van der Waals surface area contributed by atoms with Crippen LogP contribution < -0.4 is 0 Å². The van der Waals surface area contributed by atoms with E-state index in [9.17, 15) is 0 Å². The van der Waals surface area contributed by atoms with E-state index < -0.39 is 0 Å². The Labute approximate surface area is 268 Å². The normalized spacial score (nSPS) is 11.5. The molecule has 0 saturated heterocycles. The lowest BCUT2D eigenvalue weighted by molar-refractivity contribution is 1.61. The maximum Gasteiger partial charge on any atom is -0.00199 e. The van der Waals surface area contributed by atoms with Crippen LogP contribution in [0.1, 0.15) is 0 Å². The molecule has 46 heavy (non-hydrogen) atoms. The van der Waals surface area contributed by atoms with Crippen LogP contribution in [-0.4, -0.2) is 0 Å². The molecular weight excluding hydrogens is 553 g/mol. The highest BCUT2D eigenvalue weighted by molar-refractivity contribution is 6.24. The van der Waals surface area contributed by atoms with Gasteiger partial charge < -0.3 is 0 Å². The highest BCUT2D eigenvalue weighted by Crippen LogP contribution is 2.46. The molecule has 0 aliphatic heterocycles. The first kappa shape index (κ1) is 26.4. The molecule has 0 heteroatoms. The molecule has 0 bridgehead atoms. The molecule has 0 saturated carbocycles. The molecule has 0 heterocycles. The van der Waals surface area contributed by atoms with Crippen LogP contribution in [0.5, 0.6) is 0 Å². The first-order valence-electron chi connectivity index (χ1n) is 15.9. The number of benzene rings is 9. The summed E-state index contributed by atoms with van der Waals surface area (Å²) < 4.78 is 0. The van der Waals surface area contributed by atoms with E-state index in [1.807, 2.05) is 0 Å². The van der Waals surface area contributed by atoms with E-state index in [1.54, 1.807) is 0 Å². The van der Waals surface area contributed by atoms with E-state index in [-0.39, 0.29) is 0 Å². The SMILES string of the molecule is c1ccc(-c2cccc(-c3c4ccccc4c(-c4cc(-c5ccc6ccccc6c5)cc5ccccc45)c4ccccc34)c2)cc1. The quantitative estimate of drug-likeness (QED) is 0.181. The minimum Gasteiger partial charge on any atom is -0.0622 e. The summed E-state index contributed by atoms with van der Waals surface area (Å²) in [6.07, 6.45) is 0. The third-order valence-electron chi connectivity index (χ3n) is 9.40. The molecule has 0 aromatic heterocycles. The van der Waals surface area contributed by atoms with Gasteiger partial charge in [-0.1, -0.05) is 158 Å². The predicted molar refractivity (Wildman–Crippen MR) is 198 cm³/mol. The molecule has 0 spiro atoms. The molecule has 0 N–H and O–H groups in total. The average molecular weight is 583 g/mol. The Kier molecular flexibility index (Phi) is 6.25. The Morgan fingerprint density at radius 1 is 0.217 bits per heavy atom. The topological polar surface area (TPSA) is 0 Å². The van der Waals surface area contributed by atoms with E-state index in [2.05, 4.69) is 182 Å². The van der Waals surface area contributed by atoms with Crippen molar-refractivity contribution in [3.05, 3.63) is 182 Å². The van der Waals surface area contributed by atoms with Gasteiger partial charge in [0.1, 0.15) is 0 Å². The van der Waals surface area contributed by atoms with Crippen LogP contribution in [0.15, 0.2) is 182 Å². The van der Waals surface area contributed by atoms with Crippen molar-refractivity contribution in [2.75, 3.05) is 0 Å². The Bertz CT molecular complexity index is 2520. The Morgan fingerprint density at radius 3 is 1.43 bits per heavy atom. The Morgan fingerprint density at radius 2 is 0.717 bits per heavy atom. The Balaban J connectivity index is 1.35. The van der Waals surface area contributed by atoms with Crippen molar-refractivity contribution < 1.29 is 0 Å². The predicted octanol–water partition coefficient (Wildman–Crippen LogP) is 13.0. The number of hydrogen-bond acceptors (Lipinski definition) is 0. The zero-order chi connectivity index (χ0) is 30.5. The lowest BCUT2D eigenvalue weighted by Crippen LogP contribution is -1.93. The fraction of sp³-hybridized carbons (Fsp3) is 0. The van der Waals surface area contributed by atoms with E-state index in [1.165, 1.54) is 87.6 Å². The minimum absolute atomic E-state index is 1.23. The molecule has 0 radical (unpaired) electrons. The monoisotopic (exact) mass is 582 g/mol. The first-order valence-corrected chi connectivity index (χ1v) is 15.9. The van der Waals surface area contributed by atoms with Crippen LogP contribution in [0.25, 0.3) is 87.6 Å². The summed E-state index contributed by atoms with van der Waals surface area (Å²) in [5.74, 6) is 0. The van der Waals surface area contributed by atoms with Crippen molar-refractivity contribution in [3.8, 4) is 44.5 Å². The highest BCUT2D eigenvalue weighted by atomic mass is 14.2. The molecule has 9 aromatic carbocycles. The van der Waals surface area contributed by atoms with Crippen molar-refractivity contribution in [2.45, 2.75) is 0 Å². The van der Waals surface area contributed by atoms with Crippen molar-refractivity contribution in [3.63, 3.8) is 0 Å². The van der Waals surface area contributed by atoms with Gasteiger partial charge in [0.2, 0.25) is 0 Å². The second-order valence-corrected chi connectivity index (χ2v) is 12.1. The van der Waals surface area contributed by atoms with Crippen LogP contribution in [0.2, 0.25) is 0 Å². The van der Waals surface area contributed by atoms with Gasteiger partial charge in [-0.25, -0.2) is 0 Å². The maximum atomic E-state index is 2.41. The molecular formula is C46H30. The van der Waals surface area contributed by atoms with Crippen LogP contribution in [0.4, 0.5) is 0 Å². The molecule has 9 rings (SSSR count). The zero-order valence-corrected chi connectivity index (χ0v) is 25.3. The lowest BCUT2D eigenvalue weighted by Gasteiger charge is -2.20. The fourth-order valence-corrected chi connectivity index (χ4v) is 7.27. The number of hydrogen-bond donors (Lipinski definition) is 0. The molecule has 0 unspecified atom stereocenters. The summed E-state index contributed by atoms with van der Waals surface area (Å²) in [4.78, 5) is 0. The largest absolute Gasteiger partial charge is 0.0622 e. The third-order valence-corrected chi connectivity index (χ3v) is 9.40. The number of rotatable bonds is 4. The van der Waals surface area contributed by atoms with Gasteiger partial charge in [-0.15, -0.1) is 0 Å². The molecule has 0 amide bonds. The number of fused-ring (bicyclic) bond motifs is 4. The molecule has 0 aliphatic rings. The van der Waals surface area contributed by atoms with Crippen LogP contribution in [-0.2, 0) is 0 Å². The summed E-state index contributed by atoms with van der Waals surface area (Å²) in [6.45, 7) is 0. The molecule has 9 aromatic rings. The lowest BCUT2D eigenvalue weighted by atomic mass is 9.83. The zero-order valence-electron chi connectivity index (χ0n) is 25.3. The van der Waals surface area contributed by atoms with Gasteiger partial charge in [0, 0.05) is 0 Å². The molecule has 0 nitrogen and oxygen atoms in total. The highest BCUT2D eigenvalue weighted by Gasteiger charge is 2.19. The second kappa shape index (κ2) is 10.9. The van der Waals surface area contributed by atoms with Gasteiger partial charge >= 0.3 is 0 Å². The van der Waals surface area contributed by atoms with E-state index in [0.29, 0.717) is 0 Å². The molecule has 214 valence electrons. The van der Waals surface area contributed by atoms with Crippen molar-refractivity contribution >= 4 is 43.1 Å². The smallest absolute Gasteiger partial charge is 0.00199 e. The van der Waals surface area contributed by atoms with Gasteiger partial charge in [0.05, 0.1) is 0 Å². The molecule has 0 aliphatic carbocycles. The summed E-state index contributed by atoms with van der Waals surface area (Å²) in [7, 11) is 0. The first-order chi connectivity index (χ1) is 22.8. The average Bonchev–Trinajstić information content (AvgIpc) is 3.13. The van der Waals surface area contributed by atoms with Gasteiger partial charge in [-0.05, 0) is 112 Å². The van der Waals surface area contributed by atoms with E-state index in [4.69, 9.17) is 0 Å². The van der Waals surface area contributed by atoms with Crippen LogP contribution in [0.3, 0.4) is 0 Å². The third kappa shape index (κ3) is 4.38. The van der Waals surface area contributed by atoms with E-state index >= 15 is 0 Å². The van der Waals surface area contributed by atoms with Crippen LogP contribution >= 0.6 is 0 Å². The molecule has 0 fully saturated rings. The summed E-state index contributed by atoms with van der Waals surface area (Å²) in [6, 6.07) is 66.6. The van der Waals surface area contributed by atoms with E-state index in [0.717, 1.165) is 0 Å². The van der Waals surface area contributed by atoms with Gasteiger partial charge in [-0.2, -0.15) is 0 Å². The van der Waals surface area contributed by atoms with Crippen molar-refractivity contribution in [1.29, 1.82) is 0 Å². The van der Waals surface area contributed by atoms with Crippen molar-refractivity contribution in [1.82, 2.24) is 0 Å². The maximum absolute atomic E-state index is 2.41. The van der Waals surface area contributed by atoms with Gasteiger partial charge in [-0.3, -0.25) is 0 Å². The second-order valence-electron chi connectivity index (χ2n) is 12.1. The van der Waals surface area contributed by atoms with Crippen molar-refractivity contribution in [2.24, 2.45) is 0 Å². The van der Waals surface area contributed by atoms with Crippen LogP contribution in [0, 0.1) is 0 Å². The standard InChI is InChI=1S/C46H30/c1-2-13-31(14-3-1)34-18-12-19-37(28-34)45-40-21-8-10-23-42(40)46(43-24-11-9-22-41(43)45)44-30-38(29-36-17-6-7-20-39(36)44)35-26-25-32-15-4-5-16-33(32)27-35/h1-30H. The minimum atomic E-state index is 1.23.